The molecule has 0 aliphatic rings. The number of carbonyl (C=O) groups is 1. The molecule has 100 valence electrons. The Bertz CT molecular complexity index is 795. The lowest BCUT2D eigenvalue weighted by Crippen LogP contribution is -2.05. The Hall–Kier alpha value is -2.89. The first-order valence-corrected chi connectivity index (χ1v) is 5.93. The number of carboxylic acids is 1. The number of hydrogen-bond donors (Lipinski definition) is 1. The minimum Gasteiger partial charge on any atom is -0.496 e. The minimum absolute atomic E-state index is 0.0659. The molecule has 2 heterocycles. The highest BCUT2D eigenvalue weighted by Gasteiger charge is 2.15. The fourth-order valence-corrected chi connectivity index (χ4v) is 2.01. The van der Waals surface area contributed by atoms with E-state index in [0.29, 0.717) is 17.2 Å². The Morgan fingerprint density at radius 2 is 2.00 bits per heavy atom. The summed E-state index contributed by atoms with van der Waals surface area (Å²) in [6.45, 7) is 0. The first-order valence-electron chi connectivity index (χ1n) is 5.93. The van der Waals surface area contributed by atoms with Crippen molar-refractivity contribution in [2.75, 3.05) is 7.11 Å². The van der Waals surface area contributed by atoms with E-state index in [1.165, 1.54) is 10.6 Å². The summed E-state index contributed by atoms with van der Waals surface area (Å²) in [5.74, 6) is 0.0171. The van der Waals surface area contributed by atoms with Gasteiger partial charge < -0.3 is 9.84 Å². The fourth-order valence-electron chi connectivity index (χ4n) is 2.01. The maximum absolute atomic E-state index is 11.2. The van der Waals surface area contributed by atoms with E-state index in [1.54, 1.807) is 25.3 Å². The largest absolute Gasteiger partial charge is 0.496 e. The number of nitrogens with zero attached hydrogens (tertiary/aromatic N) is 3. The summed E-state index contributed by atoms with van der Waals surface area (Å²) >= 11 is 0. The molecule has 0 aliphatic carbocycles. The van der Waals surface area contributed by atoms with Crippen LogP contribution in [0.4, 0.5) is 0 Å². The van der Waals surface area contributed by atoms with Crippen LogP contribution in [0.1, 0.15) is 10.5 Å². The van der Waals surface area contributed by atoms with Crippen molar-refractivity contribution in [3.63, 3.8) is 0 Å². The molecule has 20 heavy (non-hydrogen) atoms. The average Bonchev–Trinajstić information content (AvgIpc) is 2.90. The number of carboxylic acid groups (broad SMARTS) is 1. The van der Waals surface area contributed by atoms with E-state index in [9.17, 15) is 4.79 Å². The average molecular weight is 269 g/mol. The lowest BCUT2D eigenvalue weighted by Gasteiger charge is -2.03. The highest BCUT2D eigenvalue weighted by molar-refractivity contribution is 5.86. The maximum Gasteiger partial charge on any atom is 0.354 e. The van der Waals surface area contributed by atoms with Gasteiger partial charge in [-0.1, -0.05) is 18.2 Å². The molecule has 3 aromatic rings. The summed E-state index contributed by atoms with van der Waals surface area (Å²) in [6.07, 6.45) is 0. The first-order chi connectivity index (χ1) is 9.70. The lowest BCUT2D eigenvalue weighted by molar-refractivity contribution is 0.0687. The number of ether oxygens (including phenoxy) is 1. The number of hydrogen-bond acceptors (Lipinski definition) is 4. The molecule has 0 spiro atoms. The number of rotatable bonds is 3. The number of methoxy groups -OCH3 is 1. The van der Waals surface area contributed by atoms with Gasteiger partial charge in [0.1, 0.15) is 5.75 Å². The SMILES string of the molecule is COc1ccccc1-c1nc2cccc(C(=O)O)n2n1. The van der Waals surface area contributed by atoms with E-state index in [2.05, 4.69) is 10.1 Å². The van der Waals surface area contributed by atoms with Gasteiger partial charge in [-0.25, -0.2) is 14.3 Å². The van der Waals surface area contributed by atoms with Crippen LogP contribution >= 0.6 is 0 Å². The second-order valence-electron chi connectivity index (χ2n) is 4.12. The van der Waals surface area contributed by atoms with Crippen molar-refractivity contribution in [2.24, 2.45) is 0 Å². The van der Waals surface area contributed by atoms with Crippen LogP contribution in [0.15, 0.2) is 42.5 Å². The Morgan fingerprint density at radius 1 is 1.20 bits per heavy atom. The van der Waals surface area contributed by atoms with Gasteiger partial charge in [-0.3, -0.25) is 0 Å². The Balaban J connectivity index is 2.23. The molecule has 2 aromatic heterocycles. The molecule has 0 bridgehead atoms. The minimum atomic E-state index is -1.05. The molecule has 0 amide bonds. The van der Waals surface area contributed by atoms with Crippen molar-refractivity contribution in [3.8, 4) is 17.1 Å². The number of para-hydroxylation sites is 1. The molecule has 1 N–H and O–H groups in total. The van der Waals surface area contributed by atoms with Gasteiger partial charge in [0.05, 0.1) is 12.7 Å². The van der Waals surface area contributed by atoms with Gasteiger partial charge in [0.2, 0.25) is 0 Å². The van der Waals surface area contributed by atoms with Crippen LogP contribution in [0.25, 0.3) is 17.0 Å². The van der Waals surface area contributed by atoms with Gasteiger partial charge in [0.15, 0.2) is 17.2 Å². The van der Waals surface area contributed by atoms with Crippen molar-refractivity contribution in [1.29, 1.82) is 0 Å². The summed E-state index contributed by atoms with van der Waals surface area (Å²) in [6, 6.07) is 12.2. The van der Waals surface area contributed by atoms with Crippen LogP contribution in [0.5, 0.6) is 5.75 Å². The number of aromatic nitrogens is 3. The molecule has 3 rings (SSSR count). The summed E-state index contributed by atoms with van der Waals surface area (Å²) in [4.78, 5) is 15.5. The van der Waals surface area contributed by atoms with Crippen molar-refractivity contribution >= 4 is 11.6 Å². The van der Waals surface area contributed by atoms with E-state index in [1.807, 2.05) is 18.2 Å². The van der Waals surface area contributed by atoms with Gasteiger partial charge in [-0.05, 0) is 24.3 Å². The summed E-state index contributed by atoms with van der Waals surface area (Å²) in [5, 5.41) is 13.4. The van der Waals surface area contributed by atoms with Crippen LogP contribution in [0, 0.1) is 0 Å². The molecule has 0 aliphatic heterocycles. The Kier molecular flexibility index (Phi) is 2.83. The number of fused-ring (bicyclic) bond motifs is 1. The number of aromatic carboxylic acids is 1. The lowest BCUT2D eigenvalue weighted by atomic mass is 10.2. The van der Waals surface area contributed by atoms with Crippen molar-refractivity contribution in [1.82, 2.24) is 14.6 Å². The quantitative estimate of drug-likeness (QED) is 0.788. The molecular weight excluding hydrogens is 258 g/mol. The van der Waals surface area contributed by atoms with E-state index in [4.69, 9.17) is 9.84 Å². The van der Waals surface area contributed by atoms with E-state index >= 15 is 0 Å². The van der Waals surface area contributed by atoms with Gasteiger partial charge in [-0.15, -0.1) is 5.10 Å². The third-order valence-corrected chi connectivity index (χ3v) is 2.93. The van der Waals surface area contributed by atoms with E-state index in [0.717, 1.165) is 5.56 Å². The van der Waals surface area contributed by atoms with Crippen LogP contribution in [0.3, 0.4) is 0 Å². The molecule has 0 saturated carbocycles. The van der Waals surface area contributed by atoms with Gasteiger partial charge in [0.25, 0.3) is 0 Å². The van der Waals surface area contributed by atoms with Crippen molar-refractivity contribution < 1.29 is 14.6 Å². The number of benzene rings is 1. The highest BCUT2D eigenvalue weighted by atomic mass is 16.5. The zero-order valence-electron chi connectivity index (χ0n) is 10.6. The zero-order chi connectivity index (χ0) is 14.1. The molecule has 0 radical (unpaired) electrons. The van der Waals surface area contributed by atoms with E-state index < -0.39 is 5.97 Å². The number of pyridine rings is 1. The second-order valence-corrected chi connectivity index (χ2v) is 4.12. The third kappa shape index (κ3) is 1.87. The summed E-state index contributed by atoms with van der Waals surface area (Å²) < 4.78 is 6.58. The van der Waals surface area contributed by atoms with Crippen molar-refractivity contribution in [2.45, 2.75) is 0 Å². The third-order valence-electron chi connectivity index (χ3n) is 2.93. The van der Waals surface area contributed by atoms with Crippen LogP contribution < -0.4 is 4.74 Å². The summed E-state index contributed by atoms with van der Waals surface area (Å²) in [7, 11) is 1.57. The second kappa shape index (κ2) is 4.65. The van der Waals surface area contributed by atoms with Gasteiger partial charge in [-0.2, -0.15) is 0 Å². The molecule has 1 aromatic carbocycles. The molecule has 0 fully saturated rings. The standard InChI is InChI=1S/C14H11N3O3/c1-20-11-7-3-2-5-9(11)13-15-12-8-4-6-10(14(18)19)17(12)16-13/h2-8H,1H3,(H,18,19). The molecule has 0 atom stereocenters. The molecule has 0 saturated heterocycles. The van der Waals surface area contributed by atoms with Crippen molar-refractivity contribution in [3.05, 3.63) is 48.2 Å². The summed E-state index contributed by atoms with van der Waals surface area (Å²) in [5.41, 5.74) is 1.26. The van der Waals surface area contributed by atoms with Gasteiger partial charge in [0, 0.05) is 0 Å². The van der Waals surface area contributed by atoms with Crippen LogP contribution in [0.2, 0.25) is 0 Å². The topological polar surface area (TPSA) is 76.7 Å². The predicted octanol–water partition coefficient (Wildman–Crippen LogP) is 2.10. The smallest absolute Gasteiger partial charge is 0.354 e. The zero-order valence-corrected chi connectivity index (χ0v) is 10.6. The Labute approximate surface area is 114 Å². The molecule has 0 unspecified atom stereocenters. The van der Waals surface area contributed by atoms with Gasteiger partial charge >= 0.3 is 5.97 Å². The molecule has 6 heteroatoms. The van der Waals surface area contributed by atoms with E-state index in [-0.39, 0.29) is 5.69 Å². The maximum atomic E-state index is 11.2. The van der Waals surface area contributed by atoms with Crippen LogP contribution in [-0.4, -0.2) is 32.8 Å². The molecular formula is C14H11N3O3. The molecule has 6 nitrogen and oxygen atoms in total. The monoisotopic (exact) mass is 269 g/mol. The highest BCUT2D eigenvalue weighted by Crippen LogP contribution is 2.27. The predicted molar refractivity (Wildman–Crippen MR) is 71.9 cm³/mol. The first kappa shape index (κ1) is 12.2. The fraction of sp³-hybridized carbons (Fsp3) is 0.0714. The normalized spacial score (nSPS) is 10.7. The van der Waals surface area contributed by atoms with Crippen LogP contribution in [-0.2, 0) is 0 Å². The Morgan fingerprint density at radius 3 is 2.75 bits per heavy atom.